The molecule has 0 spiro atoms. The first kappa shape index (κ1) is 20.9. The molecular weight excluding hydrogens is 280 g/mol. The molecule has 22 heavy (non-hydrogen) atoms. The van der Waals surface area contributed by atoms with Gasteiger partial charge in [-0.1, -0.05) is 65.2 Å². The Labute approximate surface area is 135 Å². The maximum absolute atomic E-state index is 11.4. The fourth-order valence-corrected chi connectivity index (χ4v) is 2.75. The number of aliphatic carboxylic acids is 1. The van der Waals surface area contributed by atoms with Crippen LogP contribution in [-0.2, 0) is 14.3 Å². The highest BCUT2D eigenvalue weighted by atomic mass is 16.5. The molecule has 130 valence electrons. The number of esters is 1. The normalized spacial score (nSPS) is 13.6. The van der Waals surface area contributed by atoms with E-state index < -0.39 is 18.0 Å². The second-order valence-electron chi connectivity index (χ2n) is 6.14. The van der Waals surface area contributed by atoms with Crippen molar-refractivity contribution >= 4 is 11.9 Å². The van der Waals surface area contributed by atoms with Crippen molar-refractivity contribution in [2.45, 2.75) is 97.5 Å². The van der Waals surface area contributed by atoms with E-state index in [1.807, 2.05) is 6.92 Å². The summed E-state index contributed by atoms with van der Waals surface area (Å²) in [6.07, 6.45) is 10.8. The van der Waals surface area contributed by atoms with E-state index in [2.05, 4.69) is 6.92 Å². The summed E-state index contributed by atoms with van der Waals surface area (Å²) in [5, 5.41) is 9.39. The van der Waals surface area contributed by atoms with Crippen LogP contribution in [0.2, 0.25) is 0 Å². The average Bonchev–Trinajstić information content (AvgIpc) is 2.45. The van der Waals surface area contributed by atoms with E-state index >= 15 is 0 Å². The lowest BCUT2D eigenvalue weighted by Crippen LogP contribution is -2.32. The number of carboxylic acids is 1. The molecule has 4 nitrogen and oxygen atoms in total. The van der Waals surface area contributed by atoms with Gasteiger partial charge >= 0.3 is 11.9 Å². The molecule has 0 aliphatic rings. The summed E-state index contributed by atoms with van der Waals surface area (Å²) >= 11 is 0. The smallest absolute Gasteiger partial charge is 0.310 e. The number of carboxylic acid groups (broad SMARTS) is 1. The zero-order valence-corrected chi connectivity index (χ0v) is 14.6. The van der Waals surface area contributed by atoms with Crippen LogP contribution in [0.5, 0.6) is 0 Å². The molecule has 0 rings (SSSR count). The van der Waals surface area contributed by atoms with Crippen LogP contribution < -0.4 is 0 Å². The lowest BCUT2D eigenvalue weighted by Gasteiger charge is -2.23. The molecule has 0 saturated carbocycles. The summed E-state index contributed by atoms with van der Waals surface area (Å²) in [4.78, 5) is 22.7. The first-order valence-electron chi connectivity index (χ1n) is 8.92. The quantitative estimate of drug-likeness (QED) is 0.364. The highest BCUT2D eigenvalue weighted by Gasteiger charge is 2.29. The lowest BCUT2D eigenvalue weighted by molar-refractivity contribution is -0.157. The fraction of sp³-hybridized carbons (Fsp3) is 0.889. The van der Waals surface area contributed by atoms with E-state index in [1.165, 1.54) is 39.0 Å². The van der Waals surface area contributed by atoms with Crippen LogP contribution in [0.25, 0.3) is 0 Å². The number of unbranched alkanes of at least 4 members (excludes halogenated alkanes) is 7. The second kappa shape index (κ2) is 13.6. The summed E-state index contributed by atoms with van der Waals surface area (Å²) in [5.74, 6) is -1.79. The van der Waals surface area contributed by atoms with Gasteiger partial charge in [-0.2, -0.15) is 0 Å². The molecule has 0 aromatic carbocycles. The summed E-state index contributed by atoms with van der Waals surface area (Å²) in [6.45, 7) is 5.60. The number of hydrogen-bond donors (Lipinski definition) is 1. The van der Waals surface area contributed by atoms with Gasteiger partial charge in [-0.05, 0) is 19.3 Å². The molecule has 0 radical (unpaired) electrons. The molecule has 0 fully saturated rings. The van der Waals surface area contributed by atoms with Crippen molar-refractivity contribution in [3.8, 4) is 0 Å². The zero-order valence-electron chi connectivity index (χ0n) is 14.6. The molecular formula is C18H34O4. The molecule has 4 heteroatoms. The van der Waals surface area contributed by atoms with Crippen molar-refractivity contribution in [2.24, 2.45) is 5.92 Å². The summed E-state index contributed by atoms with van der Waals surface area (Å²) in [5.41, 5.74) is 0. The fourth-order valence-electron chi connectivity index (χ4n) is 2.75. The SMILES string of the molecule is CCCCCCCCCC(OC(C)=O)C(CCCC)C(=O)O. The van der Waals surface area contributed by atoms with Crippen molar-refractivity contribution in [3.05, 3.63) is 0 Å². The summed E-state index contributed by atoms with van der Waals surface area (Å²) in [7, 11) is 0. The molecule has 0 aromatic rings. The standard InChI is InChI=1S/C18H34O4/c1-4-6-8-9-10-11-12-14-17(22-15(3)19)16(18(20)21)13-7-5-2/h16-17H,4-14H2,1-3H3,(H,20,21). The number of ether oxygens (including phenoxy) is 1. The zero-order chi connectivity index (χ0) is 16.8. The molecule has 2 unspecified atom stereocenters. The van der Waals surface area contributed by atoms with Crippen molar-refractivity contribution in [1.29, 1.82) is 0 Å². The Hall–Kier alpha value is -1.06. The molecule has 2 atom stereocenters. The van der Waals surface area contributed by atoms with Crippen LogP contribution in [0.1, 0.15) is 91.4 Å². The maximum Gasteiger partial charge on any atom is 0.310 e. The summed E-state index contributed by atoms with van der Waals surface area (Å²) < 4.78 is 5.30. The molecule has 0 bridgehead atoms. The van der Waals surface area contributed by atoms with Crippen LogP contribution >= 0.6 is 0 Å². The van der Waals surface area contributed by atoms with Gasteiger partial charge in [0.05, 0.1) is 5.92 Å². The Bertz CT molecular complexity index is 301. The number of carbonyl (C=O) groups is 2. The topological polar surface area (TPSA) is 63.6 Å². The minimum Gasteiger partial charge on any atom is -0.481 e. The Morgan fingerprint density at radius 2 is 1.41 bits per heavy atom. The van der Waals surface area contributed by atoms with E-state index in [1.54, 1.807) is 0 Å². The van der Waals surface area contributed by atoms with Gasteiger partial charge in [0.25, 0.3) is 0 Å². The molecule has 0 amide bonds. The van der Waals surface area contributed by atoms with Crippen molar-refractivity contribution < 1.29 is 19.4 Å². The molecule has 0 saturated heterocycles. The van der Waals surface area contributed by atoms with Gasteiger partial charge in [0.2, 0.25) is 0 Å². The minimum absolute atomic E-state index is 0.379. The Kier molecular flexibility index (Phi) is 12.9. The third-order valence-corrected chi connectivity index (χ3v) is 4.04. The Morgan fingerprint density at radius 1 is 0.864 bits per heavy atom. The highest BCUT2D eigenvalue weighted by Crippen LogP contribution is 2.22. The van der Waals surface area contributed by atoms with Crippen molar-refractivity contribution in [1.82, 2.24) is 0 Å². The van der Waals surface area contributed by atoms with Gasteiger partial charge in [0.15, 0.2) is 0 Å². The van der Waals surface area contributed by atoms with Gasteiger partial charge in [-0.15, -0.1) is 0 Å². The van der Waals surface area contributed by atoms with E-state index in [4.69, 9.17) is 4.74 Å². The van der Waals surface area contributed by atoms with Gasteiger partial charge in [0, 0.05) is 6.92 Å². The monoisotopic (exact) mass is 314 g/mol. The van der Waals surface area contributed by atoms with Crippen LogP contribution in [0.3, 0.4) is 0 Å². The second-order valence-corrected chi connectivity index (χ2v) is 6.14. The Morgan fingerprint density at radius 3 is 1.91 bits per heavy atom. The maximum atomic E-state index is 11.4. The predicted molar refractivity (Wildman–Crippen MR) is 88.8 cm³/mol. The van der Waals surface area contributed by atoms with E-state index in [0.29, 0.717) is 12.8 Å². The average molecular weight is 314 g/mol. The van der Waals surface area contributed by atoms with Crippen LogP contribution in [0.15, 0.2) is 0 Å². The summed E-state index contributed by atoms with van der Waals surface area (Å²) in [6, 6.07) is 0. The number of rotatable bonds is 14. The van der Waals surface area contributed by atoms with Crippen molar-refractivity contribution in [3.63, 3.8) is 0 Å². The third-order valence-electron chi connectivity index (χ3n) is 4.04. The highest BCUT2D eigenvalue weighted by molar-refractivity contribution is 5.72. The van der Waals surface area contributed by atoms with E-state index in [0.717, 1.165) is 25.7 Å². The third kappa shape index (κ3) is 10.6. The number of hydrogen-bond acceptors (Lipinski definition) is 3. The number of carbonyl (C=O) groups excluding carboxylic acids is 1. The van der Waals surface area contributed by atoms with Gasteiger partial charge in [0.1, 0.15) is 6.10 Å². The van der Waals surface area contributed by atoms with Crippen LogP contribution in [-0.4, -0.2) is 23.1 Å². The minimum atomic E-state index is -0.845. The molecule has 0 heterocycles. The van der Waals surface area contributed by atoms with Gasteiger partial charge < -0.3 is 9.84 Å². The first-order valence-corrected chi connectivity index (χ1v) is 8.92. The van der Waals surface area contributed by atoms with Crippen LogP contribution in [0.4, 0.5) is 0 Å². The van der Waals surface area contributed by atoms with Gasteiger partial charge in [-0.25, -0.2) is 0 Å². The van der Waals surface area contributed by atoms with E-state index in [-0.39, 0.29) is 5.97 Å². The molecule has 0 aromatic heterocycles. The van der Waals surface area contributed by atoms with Gasteiger partial charge in [-0.3, -0.25) is 9.59 Å². The molecule has 1 N–H and O–H groups in total. The molecule has 0 aliphatic heterocycles. The largest absolute Gasteiger partial charge is 0.481 e. The predicted octanol–water partition coefficient (Wildman–Crippen LogP) is 4.95. The van der Waals surface area contributed by atoms with E-state index in [9.17, 15) is 14.7 Å². The molecule has 0 aliphatic carbocycles. The lowest BCUT2D eigenvalue weighted by atomic mass is 9.92. The van der Waals surface area contributed by atoms with Crippen molar-refractivity contribution in [2.75, 3.05) is 0 Å². The Balaban J connectivity index is 4.24. The van der Waals surface area contributed by atoms with Crippen LogP contribution in [0, 0.1) is 5.92 Å². The first-order chi connectivity index (χ1) is 10.5.